The molecule has 53 heavy (non-hydrogen) atoms. The summed E-state index contributed by atoms with van der Waals surface area (Å²) in [6, 6.07) is 69.1. The van der Waals surface area contributed by atoms with Crippen LogP contribution in [-0.4, -0.2) is 0 Å². The van der Waals surface area contributed by atoms with Crippen molar-refractivity contribution in [2.75, 3.05) is 4.90 Å². The van der Waals surface area contributed by atoms with Gasteiger partial charge in [0, 0.05) is 31.3 Å². The third kappa shape index (κ3) is 5.37. The van der Waals surface area contributed by atoms with E-state index >= 15 is 0 Å². The second-order valence-corrected chi connectivity index (χ2v) is 15.7. The fourth-order valence-electron chi connectivity index (χ4n) is 8.26. The molecule has 8 aromatic carbocycles. The zero-order chi connectivity index (χ0) is 35.5. The standard InChI is InChI=1S/C51H37NS/c1-51(2)45-19-7-8-20-47(45)52(42-26-22-35(23-27-42)34-12-4-3-5-13-34)48-28-24-41(33-46(48)51)39-17-11-15-37(31-39)36-14-10-16-38(30-36)40-25-29-50-44(32-40)43-18-6-9-21-49(43)53-50/h3-33H,1-2H3. The topological polar surface area (TPSA) is 3.24 Å². The van der Waals surface area contributed by atoms with Crippen LogP contribution in [0.1, 0.15) is 25.0 Å². The lowest BCUT2D eigenvalue weighted by atomic mass is 9.73. The highest BCUT2D eigenvalue weighted by Crippen LogP contribution is 2.52. The Morgan fingerprint density at radius 1 is 0.358 bits per heavy atom. The summed E-state index contributed by atoms with van der Waals surface area (Å²) in [7, 11) is 0. The summed E-state index contributed by atoms with van der Waals surface area (Å²) >= 11 is 1.87. The van der Waals surface area contributed by atoms with Gasteiger partial charge in [0.05, 0.1) is 11.4 Å². The molecule has 0 fully saturated rings. The molecule has 0 N–H and O–H groups in total. The minimum atomic E-state index is -0.177. The second kappa shape index (κ2) is 12.5. The maximum atomic E-state index is 2.44. The Bertz CT molecular complexity index is 2810. The first-order valence-corrected chi connectivity index (χ1v) is 19.2. The van der Waals surface area contributed by atoms with Gasteiger partial charge >= 0.3 is 0 Å². The van der Waals surface area contributed by atoms with Gasteiger partial charge in [-0.15, -0.1) is 11.3 Å². The quantitative estimate of drug-likeness (QED) is 0.173. The maximum Gasteiger partial charge on any atom is 0.0503 e. The van der Waals surface area contributed by atoms with Crippen molar-refractivity contribution in [2.45, 2.75) is 19.3 Å². The van der Waals surface area contributed by atoms with Crippen molar-refractivity contribution in [2.24, 2.45) is 0 Å². The number of hydrogen-bond acceptors (Lipinski definition) is 2. The smallest absolute Gasteiger partial charge is 0.0503 e. The lowest BCUT2D eigenvalue weighted by molar-refractivity contribution is 0.632. The number of benzene rings is 8. The Labute approximate surface area is 315 Å². The van der Waals surface area contributed by atoms with Crippen LogP contribution in [-0.2, 0) is 5.41 Å². The molecule has 1 aliphatic heterocycles. The summed E-state index contributed by atoms with van der Waals surface area (Å²) in [5, 5.41) is 2.66. The Morgan fingerprint density at radius 2 is 0.868 bits per heavy atom. The van der Waals surface area contributed by atoms with Crippen molar-refractivity contribution in [3.05, 3.63) is 199 Å². The lowest BCUT2D eigenvalue weighted by Gasteiger charge is -2.42. The van der Waals surface area contributed by atoms with Crippen LogP contribution in [0.15, 0.2) is 188 Å². The first-order valence-electron chi connectivity index (χ1n) is 18.3. The molecule has 0 unspecified atom stereocenters. The average molecular weight is 696 g/mol. The molecular weight excluding hydrogens is 659 g/mol. The molecule has 0 atom stereocenters. The molecule has 0 spiro atoms. The van der Waals surface area contributed by atoms with Crippen LogP contribution < -0.4 is 4.90 Å². The Balaban J connectivity index is 1.02. The SMILES string of the molecule is CC1(C)c2ccccc2N(c2ccc(-c3ccccc3)cc2)c2ccc(-c3cccc(-c4cccc(-c5ccc6sc7ccccc7c6c5)c4)c3)cc21. The van der Waals surface area contributed by atoms with Gasteiger partial charge in [-0.25, -0.2) is 0 Å². The van der Waals surface area contributed by atoms with E-state index in [0.29, 0.717) is 0 Å². The van der Waals surface area contributed by atoms with Crippen LogP contribution in [0.4, 0.5) is 17.1 Å². The second-order valence-electron chi connectivity index (χ2n) is 14.6. The van der Waals surface area contributed by atoms with Crippen molar-refractivity contribution in [1.82, 2.24) is 0 Å². The zero-order valence-corrected chi connectivity index (χ0v) is 30.6. The minimum Gasteiger partial charge on any atom is -0.310 e. The predicted molar refractivity (Wildman–Crippen MR) is 228 cm³/mol. The van der Waals surface area contributed by atoms with E-state index in [4.69, 9.17) is 0 Å². The predicted octanol–water partition coefficient (Wildman–Crippen LogP) is 14.8. The molecule has 0 amide bonds. The van der Waals surface area contributed by atoms with Crippen LogP contribution in [0.3, 0.4) is 0 Å². The number of para-hydroxylation sites is 1. The highest BCUT2D eigenvalue weighted by molar-refractivity contribution is 7.25. The molecule has 0 bridgehead atoms. The summed E-state index contributed by atoms with van der Waals surface area (Å²) in [4.78, 5) is 2.44. The van der Waals surface area contributed by atoms with E-state index in [0.717, 1.165) is 5.69 Å². The van der Waals surface area contributed by atoms with Crippen molar-refractivity contribution in [3.63, 3.8) is 0 Å². The van der Waals surface area contributed by atoms with Gasteiger partial charge in [-0.3, -0.25) is 0 Å². The third-order valence-electron chi connectivity index (χ3n) is 11.1. The first kappa shape index (κ1) is 31.5. The summed E-state index contributed by atoms with van der Waals surface area (Å²) in [5.74, 6) is 0. The van der Waals surface area contributed by atoms with Gasteiger partial charge in [-0.2, -0.15) is 0 Å². The first-order chi connectivity index (χ1) is 26.0. The number of rotatable bonds is 5. The van der Waals surface area contributed by atoms with Gasteiger partial charge in [-0.1, -0.05) is 141 Å². The number of hydrogen-bond donors (Lipinski definition) is 0. The van der Waals surface area contributed by atoms with Gasteiger partial charge < -0.3 is 4.90 Å². The number of anilines is 3. The largest absolute Gasteiger partial charge is 0.310 e. The summed E-state index contributed by atoms with van der Waals surface area (Å²) in [5.41, 5.74) is 15.9. The highest BCUT2D eigenvalue weighted by atomic mass is 32.1. The highest BCUT2D eigenvalue weighted by Gasteiger charge is 2.37. The van der Waals surface area contributed by atoms with Crippen molar-refractivity contribution < 1.29 is 0 Å². The Kier molecular flexibility index (Phi) is 7.42. The summed E-state index contributed by atoms with van der Waals surface area (Å²) < 4.78 is 2.67. The molecule has 1 aromatic heterocycles. The fourth-order valence-corrected chi connectivity index (χ4v) is 9.34. The Morgan fingerprint density at radius 3 is 1.60 bits per heavy atom. The van der Waals surface area contributed by atoms with Gasteiger partial charge in [0.2, 0.25) is 0 Å². The van der Waals surface area contributed by atoms with E-state index in [9.17, 15) is 0 Å². The van der Waals surface area contributed by atoms with E-state index in [1.807, 2.05) is 11.3 Å². The van der Waals surface area contributed by atoms with Crippen LogP contribution in [0.2, 0.25) is 0 Å². The molecule has 1 nitrogen and oxygen atoms in total. The Hall–Kier alpha value is -6.22. The average Bonchev–Trinajstić information content (AvgIpc) is 3.60. The normalized spacial score (nSPS) is 13.2. The summed E-state index contributed by atoms with van der Waals surface area (Å²) in [6.07, 6.45) is 0. The van der Waals surface area contributed by atoms with E-state index < -0.39 is 0 Å². The van der Waals surface area contributed by atoms with Crippen molar-refractivity contribution in [3.8, 4) is 44.5 Å². The zero-order valence-electron chi connectivity index (χ0n) is 29.8. The lowest BCUT2D eigenvalue weighted by Crippen LogP contribution is -2.30. The molecule has 252 valence electrons. The third-order valence-corrected chi connectivity index (χ3v) is 12.2. The molecule has 1 aliphatic rings. The fraction of sp³-hybridized carbons (Fsp3) is 0.0588. The van der Waals surface area contributed by atoms with Crippen molar-refractivity contribution >= 4 is 48.6 Å². The molecule has 0 saturated heterocycles. The molecule has 2 heterocycles. The van der Waals surface area contributed by atoms with E-state index in [1.54, 1.807) is 0 Å². The molecule has 0 saturated carbocycles. The molecule has 9 aromatic rings. The van der Waals surface area contributed by atoms with E-state index in [-0.39, 0.29) is 5.41 Å². The van der Waals surface area contributed by atoms with E-state index in [1.165, 1.54) is 87.2 Å². The van der Waals surface area contributed by atoms with Gasteiger partial charge in [0.1, 0.15) is 0 Å². The van der Waals surface area contributed by atoms with Crippen LogP contribution in [0.25, 0.3) is 64.7 Å². The van der Waals surface area contributed by atoms with Gasteiger partial charge in [0.25, 0.3) is 0 Å². The summed E-state index contributed by atoms with van der Waals surface area (Å²) in [6.45, 7) is 4.73. The van der Waals surface area contributed by atoms with Crippen LogP contribution >= 0.6 is 11.3 Å². The van der Waals surface area contributed by atoms with Crippen LogP contribution in [0, 0.1) is 0 Å². The number of fused-ring (bicyclic) bond motifs is 5. The molecule has 0 aliphatic carbocycles. The van der Waals surface area contributed by atoms with E-state index in [2.05, 4.69) is 207 Å². The molecule has 0 radical (unpaired) electrons. The number of nitrogens with zero attached hydrogens (tertiary/aromatic N) is 1. The monoisotopic (exact) mass is 695 g/mol. The molecule has 10 rings (SSSR count). The maximum absolute atomic E-state index is 2.44. The molecular formula is C51H37NS. The van der Waals surface area contributed by atoms with Crippen LogP contribution in [0.5, 0.6) is 0 Å². The molecule has 2 heteroatoms. The number of thiophene rings is 1. The van der Waals surface area contributed by atoms with Crippen molar-refractivity contribution in [1.29, 1.82) is 0 Å². The van der Waals surface area contributed by atoms with Gasteiger partial charge in [-0.05, 0) is 116 Å². The van der Waals surface area contributed by atoms with Gasteiger partial charge in [0.15, 0.2) is 0 Å². The minimum absolute atomic E-state index is 0.177.